The summed E-state index contributed by atoms with van der Waals surface area (Å²) in [5, 5.41) is 22.1. The molecule has 7 nitrogen and oxygen atoms in total. The first kappa shape index (κ1) is 13.7. The molecule has 17 heavy (non-hydrogen) atoms. The maximum atomic E-state index is 11.4. The van der Waals surface area contributed by atoms with Gasteiger partial charge < -0.3 is 25.6 Å². The van der Waals surface area contributed by atoms with Gasteiger partial charge in [-0.05, 0) is 19.8 Å². The monoisotopic (exact) mass is 246 g/mol. The highest BCUT2D eigenvalue weighted by Gasteiger charge is 2.25. The number of carbonyl (C=O) groups excluding carboxylic acids is 1. The molecule has 0 radical (unpaired) electrons. The summed E-state index contributed by atoms with van der Waals surface area (Å²) in [5.74, 6) is -1.27. The van der Waals surface area contributed by atoms with Crippen LogP contribution in [0.15, 0.2) is 0 Å². The first-order chi connectivity index (χ1) is 8.04. The second kappa shape index (κ2) is 6.41. The summed E-state index contributed by atoms with van der Waals surface area (Å²) in [7, 11) is 0. The Labute approximate surface area is 99.1 Å². The number of urea groups is 1. The lowest BCUT2D eigenvalue weighted by Crippen LogP contribution is -2.52. The molecule has 0 saturated carbocycles. The molecule has 98 valence electrons. The van der Waals surface area contributed by atoms with Gasteiger partial charge in [0.15, 0.2) is 6.04 Å². The van der Waals surface area contributed by atoms with Crippen molar-refractivity contribution in [3.8, 4) is 0 Å². The van der Waals surface area contributed by atoms with Crippen LogP contribution in [0, 0.1) is 0 Å². The molecule has 0 aromatic carbocycles. The molecule has 1 saturated heterocycles. The van der Waals surface area contributed by atoms with Gasteiger partial charge in [0, 0.05) is 6.61 Å². The molecule has 3 unspecified atom stereocenters. The van der Waals surface area contributed by atoms with E-state index >= 15 is 0 Å². The summed E-state index contributed by atoms with van der Waals surface area (Å²) in [4.78, 5) is 22.0. The van der Waals surface area contributed by atoms with Crippen molar-refractivity contribution >= 4 is 12.0 Å². The summed E-state index contributed by atoms with van der Waals surface area (Å²) in [6.45, 7) is 1.84. The van der Waals surface area contributed by atoms with Crippen LogP contribution in [0.4, 0.5) is 4.79 Å². The molecule has 4 N–H and O–H groups in total. The van der Waals surface area contributed by atoms with Crippen LogP contribution in [0.1, 0.15) is 19.8 Å². The van der Waals surface area contributed by atoms with Crippen LogP contribution in [-0.4, -0.2) is 53.6 Å². The van der Waals surface area contributed by atoms with Crippen LogP contribution in [0.5, 0.6) is 0 Å². The summed E-state index contributed by atoms with van der Waals surface area (Å²) in [5.41, 5.74) is 0. The molecule has 0 aliphatic carbocycles. The number of amides is 2. The SMILES string of the molecule is CC(NC(=O)NC(CO)C(=O)O)C1CCCO1. The van der Waals surface area contributed by atoms with Crippen molar-refractivity contribution in [1.29, 1.82) is 0 Å². The average Bonchev–Trinajstić information content (AvgIpc) is 2.78. The van der Waals surface area contributed by atoms with Gasteiger partial charge >= 0.3 is 12.0 Å². The van der Waals surface area contributed by atoms with E-state index in [9.17, 15) is 9.59 Å². The van der Waals surface area contributed by atoms with E-state index in [4.69, 9.17) is 14.9 Å². The zero-order valence-electron chi connectivity index (χ0n) is 9.68. The molecular weight excluding hydrogens is 228 g/mol. The van der Waals surface area contributed by atoms with E-state index < -0.39 is 24.6 Å². The molecule has 1 fully saturated rings. The quantitative estimate of drug-likeness (QED) is 0.513. The summed E-state index contributed by atoms with van der Waals surface area (Å²) in [6, 6.07) is -2.09. The van der Waals surface area contributed by atoms with Gasteiger partial charge in [0.05, 0.1) is 18.8 Å². The smallest absolute Gasteiger partial charge is 0.328 e. The van der Waals surface area contributed by atoms with Crippen LogP contribution < -0.4 is 10.6 Å². The van der Waals surface area contributed by atoms with Crippen molar-refractivity contribution in [3.05, 3.63) is 0 Å². The highest BCUT2D eigenvalue weighted by atomic mass is 16.5. The number of ether oxygens (including phenoxy) is 1. The Morgan fingerprint density at radius 2 is 2.18 bits per heavy atom. The first-order valence-corrected chi connectivity index (χ1v) is 5.57. The lowest BCUT2D eigenvalue weighted by molar-refractivity contribution is -0.140. The summed E-state index contributed by atoms with van der Waals surface area (Å²) in [6.07, 6.45) is 1.81. The number of nitrogens with one attached hydrogen (secondary N) is 2. The molecule has 1 rings (SSSR count). The van der Waals surface area contributed by atoms with Gasteiger partial charge in [0.25, 0.3) is 0 Å². The lowest BCUT2D eigenvalue weighted by Gasteiger charge is -2.21. The number of aliphatic hydroxyl groups is 1. The minimum Gasteiger partial charge on any atom is -0.480 e. The number of rotatable bonds is 5. The Morgan fingerprint density at radius 1 is 1.47 bits per heavy atom. The van der Waals surface area contributed by atoms with E-state index in [-0.39, 0.29) is 12.1 Å². The van der Waals surface area contributed by atoms with Crippen LogP contribution in [0.3, 0.4) is 0 Å². The number of hydrogen-bond acceptors (Lipinski definition) is 4. The molecule has 7 heteroatoms. The zero-order chi connectivity index (χ0) is 12.8. The van der Waals surface area contributed by atoms with Crippen molar-refractivity contribution in [3.63, 3.8) is 0 Å². The Balaban J connectivity index is 2.35. The Kier molecular flexibility index (Phi) is 5.17. The molecule has 0 aromatic heterocycles. The molecule has 0 spiro atoms. The number of carbonyl (C=O) groups is 2. The second-order valence-electron chi connectivity index (χ2n) is 4.03. The third-order valence-electron chi connectivity index (χ3n) is 2.67. The minimum atomic E-state index is -1.29. The maximum Gasteiger partial charge on any atom is 0.328 e. The topological polar surface area (TPSA) is 108 Å². The van der Waals surface area contributed by atoms with E-state index in [2.05, 4.69) is 10.6 Å². The highest BCUT2D eigenvalue weighted by molar-refractivity contribution is 5.82. The van der Waals surface area contributed by atoms with E-state index in [0.717, 1.165) is 12.8 Å². The fourth-order valence-corrected chi connectivity index (χ4v) is 1.68. The van der Waals surface area contributed by atoms with Gasteiger partial charge in [-0.3, -0.25) is 0 Å². The molecule has 1 aliphatic rings. The Bertz CT molecular complexity index is 278. The Morgan fingerprint density at radius 3 is 2.65 bits per heavy atom. The summed E-state index contributed by atoms with van der Waals surface area (Å²) < 4.78 is 5.39. The van der Waals surface area contributed by atoms with E-state index in [1.807, 2.05) is 0 Å². The van der Waals surface area contributed by atoms with Gasteiger partial charge in [0.2, 0.25) is 0 Å². The number of hydrogen-bond donors (Lipinski definition) is 4. The molecule has 2 amide bonds. The van der Waals surface area contributed by atoms with Gasteiger partial charge in [-0.25, -0.2) is 9.59 Å². The number of carboxylic acids is 1. The van der Waals surface area contributed by atoms with Crippen LogP contribution in [0.2, 0.25) is 0 Å². The molecule has 0 bridgehead atoms. The first-order valence-electron chi connectivity index (χ1n) is 5.57. The van der Waals surface area contributed by atoms with Crippen molar-refractivity contribution in [2.75, 3.05) is 13.2 Å². The highest BCUT2D eigenvalue weighted by Crippen LogP contribution is 2.15. The normalized spacial score (nSPS) is 22.8. The van der Waals surface area contributed by atoms with Crippen LogP contribution in [0.25, 0.3) is 0 Å². The fourth-order valence-electron chi connectivity index (χ4n) is 1.68. The minimum absolute atomic E-state index is 0.0295. The molecule has 3 atom stereocenters. The number of aliphatic hydroxyl groups excluding tert-OH is 1. The fraction of sp³-hybridized carbons (Fsp3) is 0.800. The zero-order valence-corrected chi connectivity index (χ0v) is 9.68. The van der Waals surface area contributed by atoms with Crippen LogP contribution >= 0.6 is 0 Å². The second-order valence-corrected chi connectivity index (χ2v) is 4.03. The maximum absolute atomic E-state index is 11.4. The van der Waals surface area contributed by atoms with Crippen molar-refractivity contribution in [2.24, 2.45) is 0 Å². The molecular formula is C10H18N2O5. The third kappa shape index (κ3) is 4.20. The van der Waals surface area contributed by atoms with Gasteiger partial charge in [-0.2, -0.15) is 0 Å². The molecule has 0 aromatic rings. The Hall–Kier alpha value is -1.34. The van der Waals surface area contributed by atoms with Crippen LogP contribution in [-0.2, 0) is 9.53 Å². The van der Waals surface area contributed by atoms with E-state index in [1.54, 1.807) is 6.92 Å². The van der Waals surface area contributed by atoms with Gasteiger partial charge in [-0.15, -0.1) is 0 Å². The van der Waals surface area contributed by atoms with Gasteiger partial charge in [0.1, 0.15) is 0 Å². The molecule has 1 heterocycles. The third-order valence-corrected chi connectivity index (χ3v) is 2.67. The van der Waals surface area contributed by atoms with Crippen molar-refractivity contribution in [1.82, 2.24) is 10.6 Å². The lowest BCUT2D eigenvalue weighted by atomic mass is 10.1. The standard InChI is InChI=1S/C10H18N2O5/c1-6(8-3-2-4-17-8)11-10(16)12-7(5-13)9(14)15/h6-8,13H,2-5H2,1H3,(H,14,15)(H2,11,12,16). The van der Waals surface area contributed by atoms with E-state index in [1.165, 1.54) is 0 Å². The predicted molar refractivity (Wildman–Crippen MR) is 58.6 cm³/mol. The van der Waals surface area contributed by atoms with Crippen molar-refractivity contribution in [2.45, 2.75) is 38.0 Å². The van der Waals surface area contributed by atoms with E-state index in [0.29, 0.717) is 6.61 Å². The number of aliphatic carboxylic acids is 1. The largest absolute Gasteiger partial charge is 0.480 e. The summed E-state index contributed by atoms with van der Waals surface area (Å²) >= 11 is 0. The van der Waals surface area contributed by atoms with Crippen molar-refractivity contribution < 1.29 is 24.5 Å². The average molecular weight is 246 g/mol. The molecule has 1 aliphatic heterocycles. The van der Waals surface area contributed by atoms with Gasteiger partial charge in [-0.1, -0.05) is 0 Å². The predicted octanol–water partition coefficient (Wildman–Crippen LogP) is -0.701. The number of carboxylic acid groups (broad SMARTS) is 1.